The second-order valence-corrected chi connectivity index (χ2v) is 6.03. The van der Waals surface area contributed by atoms with Gasteiger partial charge in [-0.05, 0) is 55.3 Å². The fourth-order valence-corrected chi connectivity index (χ4v) is 2.65. The molecule has 0 aliphatic carbocycles. The standard InChI is InChI=1S/C21H27NO5/c1-6-18(27-17-10-8-16(24-3)9-11-17)21(23)22-14(2)15-7-12-19(25-4)20(13-15)26-5/h7-14,18H,6H2,1-5H3,(H,22,23)/t14-,18-/m1/s1. The molecule has 0 saturated heterocycles. The zero-order valence-electron chi connectivity index (χ0n) is 16.4. The van der Waals surface area contributed by atoms with Crippen LogP contribution in [0.5, 0.6) is 23.0 Å². The van der Waals surface area contributed by atoms with E-state index in [1.807, 2.05) is 32.0 Å². The van der Waals surface area contributed by atoms with Crippen molar-refractivity contribution < 1.29 is 23.7 Å². The minimum atomic E-state index is -0.582. The lowest BCUT2D eigenvalue weighted by Gasteiger charge is -2.21. The Labute approximate surface area is 160 Å². The molecule has 146 valence electrons. The summed E-state index contributed by atoms with van der Waals surface area (Å²) in [5.41, 5.74) is 0.917. The van der Waals surface area contributed by atoms with Crippen molar-refractivity contribution in [3.63, 3.8) is 0 Å². The quantitative estimate of drug-likeness (QED) is 0.725. The lowest BCUT2D eigenvalue weighted by atomic mass is 10.1. The molecule has 2 atom stereocenters. The van der Waals surface area contributed by atoms with Crippen molar-refractivity contribution in [2.24, 2.45) is 0 Å². The molecule has 0 fully saturated rings. The Morgan fingerprint density at radius 2 is 1.56 bits per heavy atom. The molecule has 6 heteroatoms. The van der Waals surface area contributed by atoms with Crippen molar-refractivity contribution in [3.8, 4) is 23.0 Å². The molecular weight excluding hydrogens is 346 g/mol. The van der Waals surface area contributed by atoms with Crippen molar-refractivity contribution in [3.05, 3.63) is 48.0 Å². The highest BCUT2D eigenvalue weighted by Gasteiger charge is 2.21. The first-order valence-corrected chi connectivity index (χ1v) is 8.85. The van der Waals surface area contributed by atoms with Crippen LogP contribution in [0.4, 0.5) is 0 Å². The van der Waals surface area contributed by atoms with Crippen molar-refractivity contribution in [1.29, 1.82) is 0 Å². The van der Waals surface area contributed by atoms with Crippen LogP contribution in [0.3, 0.4) is 0 Å². The van der Waals surface area contributed by atoms with Crippen molar-refractivity contribution in [2.75, 3.05) is 21.3 Å². The number of rotatable bonds is 9. The molecule has 2 aromatic rings. The van der Waals surface area contributed by atoms with Gasteiger partial charge in [-0.1, -0.05) is 13.0 Å². The average molecular weight is 373 g/mol. The van der Waals surface area contributed by atoms with Gasteiger partial charge in [0.25, 0.3) is 5.91 Å². The van der Waals surface area contributed by atoms with E-state index in [9.17, 15) is 4.79 Å². The Morgan fingerprint density at radius 1 is 0.926 bits per heavy atom. The monoisotopic (exact) mass is 373 g/mol. The van der Waals surface area contributed by atoms with Gasteiger partial charge >= 0.3 is 0 Å². The molecule has 0 radical (unpaired) electrons. The average Bonchev–Trinajstić information content (AvgIpc) is 2.71. The highest BCUT2D eigenvalue weighted by Crippen LogP contribution is 2.30. The summed E-state index contributed by atoms with van der Waals surface area (Å²) in [5.74, 6) is 2.46. The highest BCUT2D eigenvalue weighted by atomic mass is 16.5. The molecule has 0 saturated carbocycles. The molecule has 6 nitrogen and oxygen atoms in total. The van der Waals surface area contributed by atoms with Crippen LogP contribution in [0, 0.1) is 0 Å². The maximum atomic E-state index is 12.6. The topological polar surface area (TPSA) is 66.0 Å². The maximum Gasteiger partial charge on any atom is 0.261 e. The van der Waals surface area contributed by atoms with Crippen LogP contribution >= 0.6 is 0 Å². The molecule has 27 heavy (non-hydrogen) atoms. The molecule has 0 unspecified atom stereocenters. The lowest BCUT2D eigenvalue weighted by Crippen LogP contribution is -2.39. The summed E-state index contributed by atoms with van der Waals surface area (Å²) in [6.07, 6.45) is -0.0303. The van der Waals surface area contributed by atoms with Gasteiger partial charge in [0.1, 0.15) is 11.5 Å². The van der Waals surface area contributed by atoms with E-state index in [0.717, 1.165) is 11.3 Å². The largest absolute Gasteiger partial charge is 0.497 e. The molecule has 0 bridgehead atoms. The number of hydrogen-bond acceptors (Lipinski definition) is 5. The fourth-order valence-electron chi connectivity index (χ4n) is 2.65. The first-order chi connectivity index (χ1) is 13.0. The minimum absolute atomic E-state index is 0.171. The predicted molar refractivity (Wildman–Crippen MR) is 104 cm³/mol. The number of nitrogens with one attached hydrogen (secondary N) is 1. The molecule has 0 aliphatic heterocycles. The Bertz CT molecular complexity index is 745. The molecule has 0 aromatic heterocycles. The van der Waals surface area contributed by atoms with Crippen LogP contribution in [0.1, 0.15) is 31.9 Å². The van der Waals surface area contributed by atoms with E-state index in [2.05, 4.69) is 5.32 Å². The molecule has 2 aromatic carbocycles. The summed E-state index contributed by atoms with van der Waals surface area (Å²) in [4.78, 5) is 12.6. The molecular formula is C21H27NO5. The predicted octanol–water partition coefficient (Wildman–Crippen LogP) is 3.75. The van der Waals surface area contributed by atoms with Crippen LogP contribution < -0.4 is 24.3 Å². The summed E-state index contributed by atoms with van der Waals surface area (Å²) in [7, 11) is 4.78. The Morgan fingerprint density at radius 3 is 2.11 bits per heavy atom. The Balaban J connectivity index is 2.04. The van der Waals surface area contributed by atoms with Gasteiger partial charge in [-0.15, -0.1) is 0 Å². The first-order valence-electron chi connectivity index (χ1n) is 8.85. The summed E-state index contributed by atoms with van der Waals surface area (Å²) >= 11 is 0. The van der Waals surface area contributed by atoms with E-state index in [0.29, 0.717) is 23.7 Å². The molecule has 2 rings (SSSR count). The van der Waals surface area contributed by atoms with E-state index in [1.54, 1.807) is 45.6 Å². The zero-order valence-corrected chi connectivity index (χ0v) is 16.4. The van der Waals surface area contributed by atoms with E-state index >= 15 is 0 Å². The number of ether oxygens (including phenoxy) is 4. The van der Waals surface area contributed by atoms with E-state index in [4.69, 9.17) is 18.9 Å². The Kier molecular flexibility index (Phi) is 7.34. The number of amides is 1. The normalized spacial score (nSPS) is 12.6. The number of carbonyl (C=O) groups is 1. The summed E-state index contributed by atoms with van der Waals surface area (Å²) < 4.78 is 21.5. The first kappa shape index (κ1) is 20.4. The van der Waals surface area contributed by atoms with E-state index in [-0.39, 0.29) is 11.9 Å². The van der Waals surface area contributed by atoms with Gasteiger partial charge in [0.05, 0.1) is 27.4 Å². The van der Waals surface area contributed by atoms with Crippen molar-refractivity contribution in [2.45, 2.75) is 32.4 Å². The fraction of sp³-hybridized carbons (Fsp3) is 0.381. The Hall–Kier alpha value is -2.89. The maximum absolute atomic E-state index is 12.6. The lowest BCUT2D eigenvalue weighted by molar-refractivity contribution is -0.128. The third-order valence-electron chi connectivity index (χ3n) is 4.27. The summed E-state index contributed by atoms with van der Waals surface area (Å²) in [6, 6.07) is 12.5. The third kappa shape index (κ3) is 5.29. The van der Waals surface area contributed by atoms with Gasteiger partial charge in [0.15, 0.2) is 17.6 Å². The van der Waals surface area contributed by atoms with E-state index < -0.39 is 6.10 Å². The van der Waals surface area contributed by atoms with Crippen LogP contribution in [0.15, 0.2) is 42.5 Å². The van der Waals surface area contributed by atoms with Crippen LogP contribution in [-0.4, -0.2) is 33.3 Å². The SMILES string of the molecule is CC[C@@H](Oc1ccc(OC)cc1)C(=O)N[C@H](C)c1ccc(OC)c(OC)c1. The number of hydrogen-bond donors (Lipinski definition) is 1. The molecule has 0 aliphatic rings. The van der Waals surface area contributed by atoms with E-state index in [1.165, 1.54) is 0 Å². The van der Waals surface area contributed by atoms with Gasteiger partial charge < -0.3 is 24.3 Å². The summed E-state index contributed by atoms with van der Waals surface area (Å²) in [6.45, 7) is 3.83. The number of benzene rings is 2. The molecule has 0 heterocycles. The van der Waals surface area contributed by atoms with Crippen molar-refractivity contribution in [1.82, 2.24) is 5.32 Å². The van der Waals surface area contributed by atoms with Crippen molar-refractivity contribution >= 4 is 5.91 Å². The summed E-state index contributed by atoms with van der Waals surface area (Å²) in [5, 5.41) is 2.99. The van der Waals surface area contributed by atoms with Gasteiger partial charge in [0.2, 0.25) is 0 Å². The van der Waals surface area contributed by atoms with Crippen LogP contribution in [0.25, 0.3) is 0 Å². The van der Waals surface area contributed by atoms with Gasteiger partial charge in [-0.3, -0.25) is 4.79 Å². The zero-order chi connectivity index (χ0) is 19.8. The van der Waals surface area contributed by atoms with Crippen LogP contribution in [0.2, 0.25) is 0 Å². The molecule has 0 spiro atoms. The van der Waals surface area contributed by atoms with Crippen LogP contribution in [-0.2, 0) is 4.79 Å². The third-order valence-corrected chi connectivity index (χ3v) is 4.27. The minimum Gasteiger partial charge on any atom is -0.497 e. The molecule has 1 amide bonds. The highest BCUT2D eigenvalue weighted by molar-refractivity contribution is 5.81. The second kappa shape index (κ2) is 9.71. The smallest absolute Gasteiger partial charge is 0.261 e. The number of carbonyl (C=O) groups excluding carboxylic acids is 1. The van der Waals surface area contributed by atoms with Gasteiger partial charge in [-0.25, -0.2) is 0 Å². The second-order valence-electron chi connectivity index (χ2n) is 6.03. The number of methoxy groups -OCH3 is 3. The van der Waals surface area contributed by atoms with Gasteiger partial charge in [0, 0.05) is 0 Å². The van der Waals surface area contributed by atoms with Gasteiger partial charge in [-0.2, -0.15) is 0 Å². The molecule has 1 N–H and O–H groups in total.